The van der Waals surface area contributed by atoms with Gasteiger partial charge in [0.2, 0.25) is 47.3 Å². The summed E-state index contributed by atoms with van der Waals surface area (Å²) in [5.41, 5.74) is 14.9. The summed E-state index contributed by atoms with van der Waals surface area (Å²) in [5, 5.41) is 23.7. The molecule has 1 heterocycles. The summed E-state index contributed by atoms with van der Waals surface area (Å²) in [6.45, 7) is 22.3. The Morgan fingerprint density at radius 3 is 0.975 bits per heavy atom. The van der Waals surface area contributed by atoms with E-state index in [2.05, 4.69) is 42.5 Å². The highest BCUT2D eigenvalue weighted by atomic mass is 35.5. The molecule has 0 bridgehead atoms. The number of nitrogens with two attached hydrogens (primary N) is 2. The Bertz CT molecular complexity index is 2190. The molecule has 0 aromatic heterocycles. The van der Waals surface area contributed by atoms with Crippen LogP contribution in [0.5, 0.6) is 0 Å². The van der Waals surface area contributed by atoms with Gasteiger partial charge in [0.05, 0.1) is 23.9 Å². The first-order valence-electron chi connectivity index (χ1n) is 28.1. The molecule has 2 aromatic rings. The van der Waals surface area contributed by atoms with Gasteiger partial charge < -0.3 is 54.0 Å². The van der Waals surface area contributed by atoms with Crippen molar-refractivity contribution in [1.82, 2.24) is 42.5 Å². The number of benzene rings is 2. The van der Waals surface area contributed by atoms with Gasteiger partial charge in [0.25, 0.3) is 0 Å². The standard InChI is InChI=1S/C60H94N10O8.2ClH/c1-35(2)29-49-57(75)65-47(33-43-21-15-13-16-22-43)39(9)31-41(11)53(71)70-52(38(7)8)60(78)64-46(26-20-28-62)56(74)68-50(30-36(3)4)58(76)66-48(34-44-23-17-14-18-24-44)40(10)32-42(12)54(72)69-51(37(5)6)59(77)63-45(25-19-27-61)55(73)67-49;;/h13-18,21-24,31-32,35-38,41-42,45-52H,19-20,25-30,33-34,61-62H2,1-12H3,(H,63,77)(H,64,78)(H,65,75)(H,66,76)(H,67,73)(H,68,74)(H,69,72)(H,70,71);2*1H/b39-31+,40-32+;;/t41-,42-,45+,46+,47-,48-,49+,50+,51+,52+;;/m1../s1. The molecule has 0 aliphatic carbocycles. The van der Waals surface area contributed by atoms with Crippen molar-refractivity contribution in [3.05, 3.63) is 95.1 Å². The molecule has 0 unspecified atom stereocenters. The molecular formula is C60H96Cl2N10O8. The van der Waals surface area contributed by atoms with E-state index < -0.39 is 119 Å². The highest BCUT2D eigenvalue weighted by Crippen LogP contribution is 2.19. The molecule has 0 saturated heterocycles. The summed E-state index contributed by atoms with van der Waals surface area (Å²) in [6.07, 6.45) is 5.72. The van der Waals surface area contributed by atoms with E-state index in [0.29, 0.717) is 36.8 Å². The third-order valence-electron chi connectivity index (χ3n) is 14.0. The number of hydrogen-bond acceptors (Lipinski definition) is 10. The predicted molar refractivity (Wildman–Crippen MR) is 321 cm³/mol. The highest BCUT2D eigenvalue weighted by Gasteiger charge is 2.35. The number of carbonyl (C=O) groups is 8. The second-order valence-electron chi connectivity index (χ2n) is 22.7. The Balaban J connectivity index is 0.0000160. The van der Waals surface area contributed by atoms with Gasteiger partial charge in [0.15, 0.2) is 0 Å². The van der Waals surface area contributed by atoms with E-state index in [1.54, 1.807) is 67.5 Å². The van der Waals surface area contributed by atoms with Crippen LogP contribution in [0.3, 0.4) is 0 Å². The Labute approximate surface area is 488 Å². The summed E-state index contributed by atoms with van der Waals surface area (Å²) in [4.78, 5) is 114. The van der Waals surface area contributed by atoms with Crippen molar-refractivity contribution in [3.63, 3.8) is 0 Å². The van der Waals surface area contributed by atoms with Gasteiger partial charge in [0.1, 0.15) is 36.3 Å². The van der Waals surface area contributed by atoms with Crippen LogP contribution in [-0.4, -0.2) is 109 Å². The fraction of sp³-hybridized carbons (Fsp3) is 0.600. The zero-order valence-electron chi connectivity index (χ0n) is 49.3. The highest BCUT2D eigenvalue weighted by molar-refractivity contribution is 5.96. The van der Waals surface area contributed by atoms with Crippen molar-refractivity contribution in [2.45, 2.75) is 183 Å². The van der Waals surface area contributed by atoms with Crippen molar-refractivity contribution in [3.8, 4) is 0 Å². The van der Waals surface area contributed by atoms with Crippen molar-refractivity contribution in [2.75, 3.05) is 13.1 Å². The third-order valence-corrected chi connectivity index (χ3v) is 14.0. The van der Waals surface area contributed by atoms with E-state index in [-0.39, 0.29) is 75.4 Å². The van der Waals surface area contributed by atoms with Gasteiger partial charge in [0, 0.05) is 0 Å². The number of halogens is 2. The Hall–Kier alpha value is -5.82. The minimum atomic E-state index is -1.11. The van der Waals surface area contributed by atoms with Crippen LogP contribution in [0.15, 0.2) is 84.0 Å². The largest absolute Gasteiger partial charge is 0.348 e. The van der Waals surface area contributed by atoms with Crippen LogP contribution in [0.4, 0.5) is 0 Å². The Morgan fingerprint density at radius 1 is 0.400 bits per heavy atom. The van der Waals surface area contributed by atoms with Crippen LogP contribution in [0.25, 0.3) is 0 Å². The molecule has 0 radical (unpaired) electrons. The number of amides is 8. The van der Waals surface area contributed by atoms with Crippen LogP contribution in [0.2, 0.25) is 0 Å². The maximum absolute atomic E-state index is 14.5. The molecule has 3 rings (SSSR count). The Morgan fingerprint density at radius 2 is 0.688 bits per heavy atom. The average Bonchev–Trinajstić information content (AvgIpc) is 3.37. The summed E-state index contributed by atoms with van der Waals surface area (Å²) in [5.74, 6) is -6.76. The van der Waals surface area contributed by atoms with Crippen LogP contribution < -0.4 is 54.0 Å². The van der Waals surface area contributed by atoms with Gasteiger partial charge in [-0.05, 0) is 113 Å². The van der Waals surface area contributed by atoms with Crippen molar-refractivity contribution in [2.24, 2.45) is 47.0 Å². The van der Waals surface area contributed by atoms with E-state index in [1.165, 1.54) is 0 Å². The molecular weight excluding hydrogens is 1060 g/mol. The molecule has 20 heteroatoms. The number of hydrogen-bond donors (Lipinski definition) is 10. The van der Waals surface area contributed by atoms with Gasteiger partial charge in [-0.2, -0.15) is 0 Å². The summed E-state index contributed by atoms with van der Waals surface area (Å²) >= 11 is 0. The molecule has 1 aliphatic heterocycles. The molecule has 2 aromatic carbocycles. The monoisotopic (exact) mass is 1150 g/mol. The molecule has 18 nitrogen and oxygen atoms in total. The SMILES string of the molecule is C/C1=C\[C@@H](C)C(=O)N[C@@H](C(C)C)C(=O)N[C@@H](CCCN)C(=O)N[C@@H](CC(C)C)C(=O)N[C@H](Cc2ccccc2)/C(C)=C/[C@@H](C)C(=O)N[C@@H](C(C)C)C(=O)N[C@@H](CCCN)C(=O)N[C@@H](CC(C)C)C(=O)N[C@@H]1Cc1ccccc1.Cl.Cl. The van der Waals surface area contributed by atoms with Crippen LogP contribution >= 0.6 is 24.8 Å². The third kappa shape index (κ3) is 24.5. The summed E-state index contributed by atoms with van der Waals surface area (Å²) in [7, 11) is 0. The molecule has 10 atom stereocenters. The minimum absolute atomic E-state index is 0. The lowest BCUT2D eigenvalue weighted by Gasteiger charge is -2.29. The first-order chi connectivity index (χ1) is 36.8. The second-order valence-corrected chi connectivity index (χ2v) is 22.7. The predicted octanol–water partition coefficient (Wildman–Crippen LogP) is 5.25. The molecule has 0 saturated carbocycles. The first kappa shape index (κ1) is 72.2. The maximum Gasteiger partial charge on any atom is 0.243 e. The van der Waals surface area contributed by atoms with E-state index >= 15 is 0 Å². The molecule has 1 aliphatic rings. The lowest BCUT2D eigenvalue weighted by atomic mass is 9.94. The quantitative estimate of drug-likeness (QED) is 0.0975. The van der Waals surface area contributed by atoms with E-state index in [1.807, 2.05) is 88.4 Å². The van der Waals surface area contributed by atoms with E-state index in [0.717, 1.165) is 11.1 Å². The van der Waals surface area contributed by atoms with Crippen LogP contribution in [0, 0.1) is 35.5 Å². The molecule has 0 spiro atoms. The number of rotatable bonds is 16. The second kappa shape index (κ2) is 36.5. The molecule has 0 fully saturated rings. The Kier molecular flexibility index (Phi) is 33.0. The fourth-order valence-corrected chi connectivity index (χ4v) is 9.36. The maximum atomic E-state index is 14.5. The van der Waals surface area contributed by atoms with Crippen molar-refractivity contribution < 1.29 is 38.4 Å². The van der Waals surface area contributed by atoms with E-state index in [9.17, 15) is 38.4 Å². The van der Waals surface area contributed by atoms with Gasteiger partial charge >= 0.3 is 0 Å². The van der Waals surface area contributed by atoms with Gasteiger partial charge in [-0.3, -0.25) is 38.4 Å². The van der Waals surface area contributed by atoms with Gasteiger partial charge in [-0.15, -0.1) is 24.8 Å². The molecule has 448 valence electrons. The smallest absolute Gasteiger partial charge is 0.243 e. The lowest BCUT2D eigenvalue weighted by molar-refractivity contribution is -0.135. The van der Waals surface area contributed by atoms with Crippen LogP contribution in [-0.2, 0) is 51.2 Å². The fourth-order valence-electron chi connectivity index (χ4n) is 9.36. The van der Waals surface area contributed by atoms with Gasteiger partial charge in [-0.1, -0.05) is 153 Å². The normalized spacial score (nSPS) is 26.3. The lowest BCUT2D eigenvalue weighted by Crippen LogP contribution is -2.59. The zero-order chi connectivity index (χ0) is 58.2. The molecule has 8 amide bonds. The summed E-state index contributed by atoms with van der Waals surface area (Å²) < 4.78 is 0. The minimum Gasteiger partial charge on any atom is -0.348 e. The zero-order valence-corrected chi connectivity index (χ0v) is 51.0. The van der Waals surface area contributed by atoms with Crippen molar-refractivity contribution >= 4 is 72.1 Å². The van der Waals surface area contributed by atoms with Crippen molar-refractivity contribution in [1.29, 1.82) is 0 Å². The average molecular weight is 1160 g/mol. The first-order valence-corrected chi connectivity index (χ1v) is 28.1. The van der Waals surface area contributed by atoms with Gasteiger partial charge in [-0.25, -0.2) is 0 Å². The number of nitrogens with one attached hydrogen (secondary N) is 8. The molecule has 80 heavy (non-hydrogen) atoms. The van der Waals surface area contributed by atoms with Crippen LogP contribution in [0.1, 0.15) is 133 Å². The summed E-state index contributed by atoms with van der Waals surface area (Å²) in [6, 6.07) is 11.3. The van der Waals surface area contributed by atoms with E-state index in [4.69, 9.17) is 11.5 Å². The molecule has 12 N–H and O–H groups in total. The topological polar surface area (TPSA) is 285 Å². The number of carbonyl (C=O) groups excluding carboxylic acids is 8.